The Morgan fingerprint density at radius 3 is 3.06 bits per heavy atom. The molecule has 0 unspecified atom stereocenters. The van der Waals surface area contributed by atoms with Crippen molar-refractivity contribution in [3.63, 3.8) is 0 Å². The Morgan fingerprint density at radius 1 is 1.44 bits per heavy atom. The summed E-state index contributed by atoms with van der Waals surface area (Å²) in [6.45, 7) is 6.14. The molecule has 0 aromatic carbocycles. The van der Waals surface area contributed by atoms with Crippen molar-refractivity contribution < 1.29 is 0 Å². The van der Waals surface area contributed by atoms with E-state index in [0.717, 1.165) is 49.3 Å². The Bertz CT molecular complexity index is 418. The van der Waals surface area contributed by atoms with Gasteiger partial charge in [-0.05, 0) is 41.4 Å². The van der Waals surface area contributed by atoms with Crippen LogP contribution in [0.15, 0.2) is 28.9 Å². The molecule has 1 aliphatic heterocycles. The Kier molecular flexibility index (Phi) is 5.20. The van der Waals surface area contributed by atoms with Gasteiger partial charge in [-0.25, -0.2) is 4.98 Å². The van der Waals surface area contributed by atoms with Crippen LogP contribution < -0.4 is 10.2 Å². The molecule has 4 heteroatoms. The highest BCUT2D eigenvalue weighted by Gasteiger charge is 2.13. The highest BCUT2D eigenvalue weighted by Crippen LogP contribution is 2.23. The molecule has 0 amide bonds. The number of anilines is 1. The van der Waals surface area contributed by atoms with Crippen LogP contribution in [0.5, 0.6) is 0 Å². The SMILES string of the molecule is CCCNCc1cc(Br)cnc1N1CC=CCC1. The molecule has 1 aliphatic rings. The summed E-state index contributed by atoms with van der Waals surface area (Å²) in [5, 5.41) is 3.45. The van der Waals surface area contributed by atoms with Crippen LogP contribution in [0.2, 0.25) is 0 Å². The second-order valence-corrected chi connectivity index (χ2v) is 5.43. The quantitative estimate of drug-likeness (QED) is 0.669. The number of nitrogens with one attached hydrogen (secondary N) is 1. The van der Waals surface area contributed by atoms with Gasteiger partial charge in [0.1, 0.15) is 5.82 Å². The van der Waals surface area contributed by atoms with Crippen molar-refractivity contribution in [2.24, 2.45) is 0 Å². The van der Waals surface area contributed by atoms with E-state index < -0.39 is 0 Å². The van der Waals surface area contributed by atoms with Crippen molar-refractivity contribution in [3.8, 4) is 0 Å². The fraction of sp³-hybridized carbons (Fsp3) is 0.500. The minimum atomic E-state index is 0.885. The molecule has 1 aromatic rings. The van der Waals surface area contributed by atoms with Crippen molar-refractivity contribution >= 4 is 21.7 Å². The van der Waals surface area contributed by atoms with Gasteiger partial charge in [0.05, 0.1) is 0 Å². The molecular formula is C14H20BrN3. The summed E-state index contributed by atoms with van der Waals surface area (Å²) in [6.07, 6.45) is 8.61. The maximum absolute atomic E-state index is 4.59. The first-order valence-electron chi connectivity index (χ1n) is 6.56. The Morgan fingerprint density at radius 2 is 2.33 bits per heavy atom. The maximum Gasteiger partial charge on any atom is 0.133 e. The van der Waals surface area contributed by atoms with Gasteiger partial charge < -0.3 is 10.2 Å². The molecule has 0 saturated carbocycles. The van der Waals surface area contributed by atoms with Gasteiger partial charge in [0.25, 0.3) is 0 Å². The molecule has 2 rings (SSSR count). The standard InChI is InChI=1S/C14H20BrN3/c1-2-6-16-10-12-9-13(15)11-17-14(12)18-7-4-3-5-8-18/h3-4,9,11,16H,2,5-8,10H2,1H3. The summed E-state index contributed by atoms with van der Waals surface area (Å²) in [6, 6.07) is 2.17. The van der Waals surface area contributed by atoms with Crippen LogP contribution >= 0.6 is 15.9 Å². The third-order valence-electron chi connectivity index (χ3n) is 3.01. The second kappa shape index (κ2) is 6.90. The third-order valence-corrected chi connectivity index (χ3v) is 3.44. The highest BCUT2D eigenvalue weighted by atomic mass is 79.9. The molecular weight excluding hydrogens is 290 g/mol. The lowest BCUT2D eigenvalue weighted by Gasteiger charge is -2.26. The van der Waals surface area contributed by atoms with E-state index in [1.807, 2.05) is 6.20 Å². The summed E-state index contributed by atoms with van der Waals surface area (Å²) in [5.74, 6) is 1.12. The minimum Gasteiger partial charge on any atom is -0.352 e. The van der Waals surface area contributed by atoms with E-state index >= 15 is 0 Å². The van der Waals surface area contributed by atoms with Crippen LogP contribution in [-0.2, 0) is 6.54 Å². The number of rotatable bonds is 5. The van der Waals surface area contributed by atoms with Crippen molar-refractivity contribution in [1.82, 2.24) is 10.3 Å². The lowest BCUT2D eigenvalue weighted by molar-refractivity contribution is 0.669. The van der Waals surface area contributed by atoms with Gasteiger partial charge in [-0.3, -0.25) is 0 Å². The second-order valence-electron chi connectivity index (χ2n) is 4.52. The molecule has 1 N–H and O–H groups in total. The fourth-order valence-electron chi connectivity index (χ4n) is 2.12. The number of pyridine rings is 1. The zero-order valence-corrected chi connectivity index (χ0v) is 12.4. The van der Waals surface area contributed by atoms with Gasteiger partial charge in [-0.1, -0.05) is 19.1 Å². The van der Waals surface area contributed by atoms with Gasteiger partial charge in [-0.2, -0.15) is 0 Å². The predicted molar refractivity (Wildman–Crippen MR) is 79.9 cm³/mol. The molecule has 18 heavy (non-hydrogen) atoms. The van der Waals surface area contributed by atoms with E-state index in [-0.39, 0.29) is 0 Å². The lowest BCUT2D eigenvalue weighted by atomic mass is 10.2. The number of nitrogens with zero attached hydrogens (tertiary/aromatic N) is 2. The zero-order valence-electron chi connectivity index (χ0n) is 10.8. The van der Waals surface area contributed by atoms with Crippen LogP contribution in [0.4, 0.5) is 5.82 Å². The maximum atomic E-state index is 4.59. The van der Waals surface area contributed by atoms with Gasteiger partial charge in [0, 0.05) is 35.9 Å². The van der Waals surface area contributed by atoms with E-state index in [1.165, 1.54) is 5.56 Å². The molecule has 0 spiro atoms. The zero-order chi connectivity index (χ0) is 12.8. The molecule has 0 aliphatic carbocycles. The predicted octanol–water partition coefficient (Wildman–Crippen LogP) is 3.11. The third kappa shape index (κ3) is 3.56. The highest BCUT2D eigenvalue weighted by molar-refractivity contribution is 9.10. The topological polar surface area (TPSA) is 28.2 Å². The molecule has 2 heterocycles. The van der Waals surface area contributed by atoms with E-state index in [0.29, 0.717) is 0 Å². The average molecular weight is 310 g/mol. The lowest BCUT2D eigenvalue weighted by Crippen LogP contribution is -2.29. The molecule has 0 bridgehead atoms. The van der Waals surface area contributed by atoms with Crippen LogP contribution in [0.25, 0.3) is 0 Å². The van der Waals surface area contributed by atoms with E-state index in [2.05, 4.69) is 56.3 Å². The number of hydrogen-bond donors (Lipinski definition) is 1. The molecule has 0 fully saturated rings. The van der Waals surface area contributed by atoms with Crippen molar-refractivity contribution in [1.29, 1.82) is 0 Å². The monoisotopic (exact) mass is 309 g/mol. The molecule has 98 valence electrons. The Labute approximate surface area is 117 Å². The largest absolute Gasteiger partial charge is 0.352 e. The van der Waals surface area contributed by atoms with Crippen LogP contribution in [0.1, 0.15) is 25.3 Å². The van der Waals surface area contributed by atoms with Crippen LogP contribution in [0.3, 0.4) is 0 Å². The molecule has 1 aromatic heterocycles. The smallest absolute Gasteiger partial charge is 0.133 e. The summed E-state index contributed by atoms with van der Waals surface area (Å²) in [5.41, 5.74) is 1.27. The van der Waals surface area contributed by atoms with Crippen LogP contribution in [-0.4, -0.2) is 24.6 Å². The number of halogens is 1. The molecule has 0 radical (unpaired) electrons. The molecule has 3 nitrogen and oxygen atoms in total. The first-order chi connectivity index (χ1) is 8.81. The van der Waals surface area contributed by atoms with Gasteiger partial charge in [0.2, 0.25) is 0 Å². The fourth-order valence-corrected chi connectivity index (χ4v) is 2.50. The summed E-state index contributed by atoms with van der Waals surface area (Å²) in [4.78, 5) is 6.93. The summed E-state index contributed by atoms with van der Waals surface area (Å²) < 4.78 is 1.05. The average Bonchev–Trinajstić information content (AvgIpc) is 2.40. The first kappa shape index (κ1) is 13.6. The number of hydrogen-bond acceptors (Lipinski definition) is 3. The number of aromatic nitrogens is 1. The molecule has 0 atom stereocenters. The van der Waals surface area contributed by atoms with Crippen LogP contribution in [0, 0.1) is 0 Å². The summed E-state index contributed by atoms with van der Waals surface area (Å²) >= 11 is 3.51. The van der Waals surface area contributed by atoms with E-state index in [4.69, 9.17) is 0 Å². The van der Waals surface area contributed by atoms with Gasteiger partial charge in [0.15, 0.2) is 0 Å². The molecule has 0 saturated heterocycles. The minimum absolute atomic E-state index is 0.885. The van der Waals surface area contributed by atoms with Crippen molar-refractivity contribution in [3.05, 3.63) is 34.5 Å². The Hall–Kier alpha value is -0.870. The van der Waals surface area contributed by atoms with Crippen molar-refractivity contribution in [2.75, 3.05) is 24.5 Å². The van der Waals surface area contributed by atoms with Gasteiger partial charge >= 0.3 is 0 Å². The van der Waals surface area contributed by atoms with Crippen molar-refractivity contribution in [2.45, 2.75) is 26.3 Å². The van der Waals surface area contributed by atoms with E-state index in [1.54, 1.807) is 0 Å². The Balaban J connectivity index is 2.14. The van der Waals surface area contributed by atoms with Gasteiger partial charge in [-0.15, -0.1) is 0 Å². The van der Waals surface area contributed by atoms with E-state index in [9.17, 15) is 0 Å². The first-order valence-corrected chi connectivity index (χ1v) is 7.35. The normalized spacial score (nSPS) is 15.1. The summed E-state index contributed by atoms with van der Waals surface area (Å²) in [7, 11) is 0.